The number of rotatable bonds is 2. The largest absolute Gasteiger partial charge is 0.245 e. The smallest absolute Gasteiger partial charge is 0.116 e. The highest BCUT2D eigenvalue weighted by molar-refractivity contribution is 5.63. The normalized spacial score (nSPS) is 10.9. The van der Waals surface area contributed by atoms with Crippen LogP contribution in [0.15, 0.2) is 43.1 Å². The molecule has 0 aliphatic rings. The van der Waals surface area contributed by atoms with Gasteiger partial charge in [-0.15, -0.1) is 0 Å². The predicted octanol–water partition coefficient (Wildman–Crippen LogP) is 2.35. The number of hydrogen-bond donors (Lipinski definition) is 0. The third-order valence-corrected chi connectivity index (χ3v) is 2.85. The van der Waals surface area contributed by atoms with Crippen molar-refractivity contribution < 1.29 is 0 Å². The van der Waals surface area contributed by atoms with Crippen LogP contribution in [0.4, 0.5) is 0 Å². The molecule has 0 aliphatic carbocycles. The van der Waals surface area contributed by atoms with E-state index in [1.807, 2.05) is 23.0 Å². The van der Waals surface area contributed by atoms with Gasteiger partial charge < -0.3 is 0 Å². The van der Waals surface area contributed by atoms with Crippen LogP contribution < -0.4 is 0 Å². The molecule has 0 unspecified atom stereocenters. The Morgan fingerprint density at radius 3 is 2.94 bits per heavy atom. The van der Waals surface area contributed by atoms with E-state index in [1.54, 1.807) is 12.5 Å². The zero-order valence-electron chi connectivity index (χ0n) is 9.54. The summed E-state index contributed by atoms with van der Waals surface area (Å²) in [5, 5.41) is 4.35. The molecule has 0 aromatic carbocycles. The van der Waals surface area contributed by atoms with E-state index in [-0.39, 0.29) is 0 Å². The summed E-state index contributed by atoms with van der Waals surface area (Å²) < 4.78 is 1.90. The van der Waals surface area contributed by atoms with Crippen molar-refractivity contribution >= 4 is 5.52 Å². The molecular weight excluding hydrogens is 212 g/mol. The maximum Gasteiger partial charge on any atom is 0.116 e. The molecule has 0 bridgehead atoms. The first-order valence-electron chi connectivity index (χ1n) is 5.61. The van der Waals surface area contributed by atoms with Crippen molar-refractivity contribution in [1.82, 2.24) is 19.6 Å². The minimum absolute atomic E-state index is 0.912. The van der Waals surface area contributed by atoms with Crippen molar-refractivity contribution in [2.24, 2.45) is 0 Å². The maximum absolute atomic E-state index is 4.35. The van der Waals surface area contributed by atoms with Crippen molar-refractivity contribution in [2.45, 2.75) is 13.3 Å². The lowest BCUT2D eigenvalue weighted by Crippen LogP contribution is -1.90. The topological polar surface area (TPSA) is 43.1 Å². The molecule has 3 aromatic rings. The minimum atomic E-state index is 0.912. The number of hydrogen-bond acceptors (Lipinski definition) is 3. The van der Waals surface area contributed by atoms with Crippen LogP contribution >= 0.6 is 0 Å². The van der Waals surface area contributed by atoms with Gasteiger partial charge in [-0.3, -0.25) is 0 Å². The van der Waals surface area contributed by atoms with Crippen LogP contribution in [0, 0.1) is 0 Å². The molecule has 17 heavy (non-hydrogen) atoms. The fourth-order valence-electron chi connectivity index (χ4n) is 1.92. The first-order chi connectivity index (χ1) is 8.38. The second-order valence-corrected chi connectivity index (χ2v) is 3.87. The number of aryl methyl sites for hydroxylation is 1. The highest BCUT2D eigenvalue weighted by Crippen LogP contribution is 2.18. The standard InChI is InChI=1S/C13H12N4/c1-2-10-7-16-17-8-11(3-4-13(10)17)12-5-6-14-9-15-12/h3-9H,2H2,1H3. The summed E-state index contributed by atoms with van der Waals surface area (Å²) in [5.41, 5.74) is 4.38. The number of aromatic nitrogens is 4. The Morgan fingerprint density at radius 2 is 2.18 bits per heavy atom. The van der Waals surface area contributed by atoms with Gasteiger partial charge in [0.05, 0.1) is 17.4 Å². The fraction of sp³-hybridized carbons (Fsp3) is 0.154. The third kappa shape index (κ3) is 1.67. The molecule has 3 aromatic heterocycles. The van der Waals surface area contributed by atoms with E-state index in [2.05, 4.69) is 34.1 Å². The van der Waals surface area contributed by atoms with E-state index in [0.717, 1.165) is 23.2 Å². The van der Waals surface area contributed by atoms with Crippen LogP contribution in [-0.4, -0.2) is 19.6 Å². The highest BCUT2D eigenvalue weighted by atomic mass is 15.2. The van der Waals surface area contributed by atoms with Gasteiger partial charge in [0.2, 0.25) is 0 Å². The summed E-state index contributed by atoms with van der Waals surface area (Å²) in [7, 11) is 0. The molecule has 4 nitrogen and oxygen atoms in total. The quantitative estimate of drug-likeness (QED) is 0.671. The van der Waals surface area contributed by atoms with Gasteiger partial charge in [-0.05, 0) is 30.2 Å². The van der Waals surface area contributed by atoms with Gasteiger partial charge in [0.15, 0.2) is 0 Å². The van der Waals surface area contributed by atoms with Gasteiger partial charge in [0.25, 0.3) is 0 Å². The average Bonchev–Trinajstić information content (AvgIpc) is 2.81. The molecule has 0 radical (unpaired) electrons. The second-order valence-electron chi connectivity index (χ2n) is 3.87. The molecule has 0 saturated heterocycles. The lowest BCUT2D eigenvalue weighted by Gasteiger charge is -2.01. The van der Waals surface area contributed by atoms with Crippen molar-refractivity contribution in [3.8, 4) is 11.3 Å². The zero-order chi connectivity index (χ0) is 11.7. The summed E-state index contributed by atoms with van der Waals surface area (Å²) in [4.78, 5) is 8.15. The first-order valence-corrected chi connectivity index (χ1v) is 5.61. The monoisotopic (exact) mass is 224 g/mol. The fourth-order valence-corrected chi connectivity index (χ4v) is 1.92. The van der Waals surface area contributed by atoms with Crippen molar-refractivity contribution in [2.75, 3.05) is 0 Å². The Hall–Kier alpha value is -2.23. The van der Waals surface area contributed by atoms with Crippen LogP contribution in [0.2, 0.25) is 0 Å². The van der Waals surface area contributed by atoms with Crippen molar-refractivity contribution in [3.63, 3.8) is 0 Å². The molecule has 3 heterocycles. The molecule has 0 spiro atoms. The van der Waals surface area contributed by atoms with Gasteiger partial charge in [-0.1, -0.05) is 6.92 Å². The molecule has 84 valence electrons. The number of fused-ring (bicyclic) bond motifs is 1. The number of nitrogens with zero attached hydrogens (tertiary/aromatic N) is 4. The molecule has 0 fully saturated rings. The molecule has 0 N–H and O–H groups in total. The molecule has 4 heteroatoms. The summed E-state index contributed by atoms with van der Waals surface area (Å²) in [6.07, 6.45) is 8.21. The Bertz CT molecular complexity index is 643. The van der Waals surface area contributed by atoms with Crippen molar-refractivity contribution in [3.05, 3.63) is 48.7 Å². The highest BCUT2D eigenvalue weighted by Gasteiger charge is 2.04. The van der Waals surface area contributed by atoms with E-state index < -0.39 is 0 Å². The Kier molecular flexibility index (Phi) is 2.33. The van der Waals surface area contributed by atoms with Gasteiger partial charge in [0.1, 0.15) is 6.33 Å². The van der Waals surface area contributed by atoms with Gasteiger partial charge in [-0.25, -0.2) is 14.5 Å². The second kappa shape index (κ2) is 3.97. The van der Waals surface area contributed by atoms with Gasteiger partial charge in [-0.2, -0.15) is 5.10 Å². The average molecular weight is 224 g/mol. The summed E-state index contributed by atoms with van der Waals surface area (Å²) in [6, 6.07) is 6.05. The lowest BCUT2D eigenvalue weighted by atomic mass is 10.1. The van der Waals surface area contributed by atoms with E-state index >= 15 is 0 Å². The zero-order valence-corrected chi connectivity index (χ0v) is 9.54. The number of pyridine rings is 1. The minimum Gasteiger partial charge on any atom is -0.245 e. The van der Waals surface area contributed by atoms with Crippen molar-refractivity contribution in [1.29, 1.82) is 0 Å². The van der Waals surface area contributed by atoms with Gasteiger partial charge >= 0.3 is 0 Å². The summed E-state index contributed by atoms with van der Waals surface area (Å²) >= 11 is 0. The third-order valence-electron chi connectivity index (χ3n) is 2.85. The van der Waals surface area contributed by atoms with Crippen LogP contribution in [0.25, 0.3) is 16.8 Å². The molecule has 0 saturated carbocycles. The van der Waals surface area contributed by atoms with E-state index in [0.29, 0.717) is 0 Å². The SMILES string of the molecule is CCc1cnn2cc(-c3ccncn3)ccc12. The van der Waals surface area contributed by atoms with Crippen LogP contribution in [-0.2, 0) is 6.42 Å². The molecular formula is C13H12N4. The van der Waals surface area contributed by atoms with Gasteiger partial charge in [0, 0.05) is 18.0 Å². The molecule has 0 amide bonds. The Balaban J connectivity index is 2.15. The van der Waals surface area contributed by atoms with Crippen LogP contribution in [0.5, 0.6) is 0 Å². The summed E-state index contributed by atoms with van der Waals surface area (Å²) in [5.74, 6) is 0. The lowest BCUT2D eigenvalue weighted by molar-refractivity contribution is 0.961. The maximum atomic E-state index is 4.35. The van der Waals surface area contributed by atoms with E-state index in [4.69, 9.17) is 0 Å². The predicted molar refractivity (Wildman–Crippen MR) is 65.6 cm³/mol. The first kappa shape index (κ1) is 9.96. The Labute approximate surface area is 99.0 Å². The van der Waals surface area contributed by atoms with Crippen LogP contribution in [0.1, 0.15) is 12.5 Å². The van der Waals surface area contributed by atoms with E-state index in [9.17, 15) is 0 Å². The van der Waals surface area contributed by atoms with E-state index in [1.165, 1.54) is 5.56 Å². The summed E-state index contributed by atoms with van der Waals surface area (Å²) in [6.45, 7) is 2.13. The Morgan fingerprint density at radius 1 is 1.24 bits per heavy atom. The molecule has 0 aliphatic heterocycles. The molecule has 3 rings (SSSR count). The van der Waals surface area contributed by atoms with Crippen LogP contribution in [0.3, 0.4) is 0 Å². The molecule has 0 atom stereocenters.